The number of hydrogen-bond donors (Lipinski definition) is 2. The zero-order valence-corrected chi connectivity index (χ0v) is 62.0. The zero-order chi connectivity index (χ0) is 77.2. The van der Waals surface area contributed by atoms with Crippen LogP contribution in [0.25, 0.3) is 32.7 Å². The molecule has 3 N–H and O–H groups in total. The van der Waals surface area contributed by atoms with Gasteiger partial charge in [0.2, 0.25) is 11.5 Å². The molecule has 3 atom stereocenters. The zero-order valence-electron chi connectivity index (χ0n) is 63.0. The number of hydrogen-bond acceptors (Lipinski definition) is 25. The molecule has 4 heterocycles. The fourth-order valence-electron chi connectivity index (χ4n) is 11.6. The number of nitrogens with one attached hydrogen (secondary N) is 1. The summed E-state index contributed by atoms with van der Waals surface area (Å²) < 4.78 is 84.9. The van der Waals surface area contributed by atoms with Crippen LogP contribution in [-0.2, 0) is 130 Å². The highest BCUT2D eigenvalue weighted by atomic mass is 16.7. The van der Waals surface area contributed by atoms with Gasteiger partial charge < -0.3 is 81.9 Å². The Labute approximate surface area is 620 Å². The van der Waals surface area contributed by atoms with Gasteiger partial charge in [0.1, 0.15) is 37.8 Å². The van der Waals surface area contributed by atoms with Gasteiger partial charge in [-0.1, -0.05) is 87.4 Å². The Morgan fingerprint density at radius 3 is 1.91 bits per heavy atom. The minimum absolute atomic E-state index is 0.0678. The third-order valence-electron chi connectivity index (χ3n) is 16.8. The second kappa shape index (κ2) is 47.2. The van der Waals surface area contributed by atoms with Gasteiger partial charge in [0.15, 0.2) is 17.3 Å². The maximum atomic E-state index is 14.4. The molecule has 2 aromatic heterocycles. The fourth-order valence-corrected chi connectivity index (χ4v) is 11.6. The number of amides is 1. The van der Waals surface area contributed by atoms with Crippen LogP contribution in [-0.4, -0.2) is 195 Å². The number of carbonyl (C=O) groups excluding carboxylic acids is 7. The summed E-state index contributed by atoms with van der Waals surface area (Å²) in [5, 5.41) is 7.05. The highest BCUT2D eigenvalue weighted by Gasteiger charge is 2.51. The van der Waals surface area contributed by atoms with Crippen molar-refractivity contribution in [3.63, 3.8) is 0 Å². The minimum atomic E-state index is -2.05. The monoisotopic (exact) mass is 1480 g/mol. The molecule has 0 bridgehead atoms. The van der Waals surface area contributed by atoms with Gasteiger partial charge in [-0.15, -0.1) is 0 Å². The molecule has 580 valence electrons. The Balaban J connectivity index is 0.00000587. The lowest BCUT2D eigenvalue weighted by molar-refractivity contribution is -0.175. The molecule has 0 saturated heterocycles. The predicted octanol–water partition coefficient (Wildman–Crippen LogP) is 9.70. The van der Waals surface area contributed by atoms with Crippen LogP contribution in [0.4, 0.5) is 9.59 Å². The second-order valence-corrected chi connectivity index (χ2v) is 25.7. The van der Waals surface area contributed by atoms with E-state index >= 15 is 0 Å². The smallest absolute Gasteiger partial charge is 0.457 e. The molecule has 5 aromatic rings. The third-order valence-corrected chi connectivity index (χ3v) is 16.8. The Hall–Kier alpha value is -8.58. The van der Waals surface area contributed by atoms with E-state index in [0.29, 0.717) is 186 Å². The molecular formula is C77H105N7O22. The van der Waals surface area contributed by atoms with Gasteiger partial charge >= 0.3 is 18.3 Å². The molecule has 2 unspecified atom stereocenters. The van der Waals surface area contributed by atoms with E-state index in [9.17, 15) is 38.4 Å². The number of ether oxygens (including phenoxy) is 14. The Kier molecular flexibility index (Phi) is 37.7. The summed E-state index contributed by atoms with van der Waals surface area (Å²) in [5.41, 5.74) is 16.2. The summed E-state index contributed by atoms with van der Waals surface area (Å²) in [6.45, 7) is 17.1. The van der Waals surface area contributed by atoms with E-state index in [1.807, 2.05) is 37.3 Å². The van der Waals surface area contributed by atoms with Crippen LogP contribution in [0.3, 0.4) is 0 Å². The van der Waals surface area contributed by atoms with E-state index in [2.05, 4.69) is 15.3 Å². The third kappa shape index (κ3) is 28.6. The van der Waals surface area contributed by atoms with Crippen LogP contribution in [0.2, 0.25) is 0 Å². The Morgan fingerprint density at radius 1 is 0.726 bits per heavy atom. The van der Waals surface area contributed by atoms with Gasteiger partial charge in [0, 0.05) is 61.1 Å². The Bertz CT molecular complexity index is 3740. The van der Waals surface area contributed by atoms with E-state index in [1.54, 1.807) is 87.7 Å². The normalized spacial score (nSPS) is 14.2. The van der Waals surface area contributed by atoms with Crippen molar-refractivity contribution >= 4 is 52.4 Å². The van der Waals surface area contributed by atoms with Gasteiger partial charge in [-0.25, -0.2) is 19.4 Å². The van der Waals surface area contributed by atoms with Gasteiger partial charge in [-0.3, -0.25) is 24.0 Å². The number of nitrogens with zero attached hydrogens (tertiary/aromatic N) is 5. The van der Waals surface area contributed by atoms with Crippen molar-refractivity contribution in [1.82, 2.24) is 14.9 Å². The lowest BCUT2D eigenvalue weighted by Gasteiger charge is -2.35. The van der Waals surface area contributed by atoms with Crippen LogP contribution in [0.5, 0.6) is 5.75 Å². The van der Waals surface area contributed by atoms with E-state index in [4.69, 9.17) is 83.9 Å². The van der Waals surface area contributed by atoms with Gasteiger partial charge in [-0.05, 0) is 124 Å². The number of unbranched alkanes of at least 4 members (excludes halogenated alkanes) is 1. The van der Waals surface area contributed by atoms with Crippen LogP contribution in [0, 0.1) is 5.92 Å². The van der Waals surface area contributed by atoms with Gasteiger partial charge in [-0.2, -0.15) is 0 Å². The summed E-state index contributed by atoms with van der Waals surface area (Å²) in [5.74, 6) is -2.84. The molecule has 0 radical (unpaired) electrons. The van der Waals surface area contributed by atoms with Crippen molar-refractivity contribution in [2.75, 3.05) is 132 Å². The minimum Gasteiger partial charge on any atom is -0.457 e. The summed E-state index contributed by atoms with van der Waals surface area (Å²) in [6.07, 6.45) is 0.386. The van der Waals surface area contributed by atoms with Crippen molar-refractivity contribution < 1.29 is 101 Å². The number of aromatic nitrogens is 2. The average molecular weight is 1480 g/mol. The number of cyclic esters (lactones) is 1. The molecule has 7 rings (SSSR count). The number of aryl methyl sites for hydroxylation is 1. The van der Waals surface area contributed by atoms with Crippen molar-refractivity contribution in [3.8, 4) is 17.1 Å². The lowest BCUT2D eigenvalue weighted by Crippen LogP contribution is -2.47. The fraction of sp³-hybridized carbons (Fsp3) is 0.571. The van der Waals surface area contributed by atoms with Gasteiger partial charge in [0.25, 0.3) is 5.56 Å². The lowest BCUT2D eigenvalue weighted by atomic mass is 9.85. The predicted molar refractivity (Wildman–Crippen MR) is 390 cm³/mol. The summed E-state index contributed by atoms with van der Waals surface area (Å²) in [7, 11) is 0. The van der Waals surface area contributed by atoms with Crippen molar-refractivity contribution in [2.24, 2.45) is 16.8 Å². The maximum Gasteiger partial charge on any atom is 0.514 e. The first-order valence-electron chi connectivity index (χ1n) is 36.8. The first-order chi connectivity index (χ1) is 51.8. The largest absolute Gasteiger partial charge is 0.514 e. The number of azide groups is 1. The van der Waals surface area contributed by atoms with Crippen molar-refractivity contribution in [2.45, 2.75) is 150 Å². The number of benzene rings is 3. The van der Waals surface area contributed by atoms with Crippen LogP contribution in [0.1, 0.15) is 134 Å². The number of nitrogens with two attached hydrogens (primary N) is 1. The number of fused-ring (bicyclic) bond motifs is 5. The summed E-state index contributed by atoms with van der Waals surface area (Å²) >= 11 is 0. The van der Waals surface area contributed by atoms with Gasteiger partial charge in [0.05, 0.1) is 134 Å². The first-order valence-corrected chi connectivity index (χ1v) is 36.1. The van der Waals surface area contributed by atoms with Crippen molar-refractivity contribution in [3.05, 3.63) is 139 Å². The second-order valence-electron chi connectivity index (χ2n) is 25.7. The molecule has 0 fully saturated rings. The molecule has 1 amide bonds. The van der Waals surface area contributed by atoms with Crippen molar-refractivity contribution in [1.29, 1.82) is 0 Å². The molecule has 0 aliphatic carbocycles. The molecule has 0 spiro atoms. The van der Waals surface area contributed by atoms with E-state index in [0.717, 1.165) is 22.1 Å². The summed E-state index contributed by atoms with van der Waals surface area (Å²) in [4.78, 5) is 117. The SMILES string of the molecule is CCc1c2c(nc3ccc(OC(=O)OC(C)(C)C)cc13)-c1cc3c(c(=O)n1C2)COC(=O)[C@@]3(CC)OC(=O)OCc1ccc(CC(=O)C(CCCCN)NC(=O)C(CC(=O)COCC(=O)CCCOCCOCCOCCOCCOCCOCCOCCOCCN=[N+]=[N-])Cc2ccccc2)cc1.[3H]CC. The molecular weight excluding hydrogens is 1370 g/mol. The number of carbonyl (C=O) groups is 7. The molecule has 29 heteroatoms. The molecule has 29 nitrogen and oxygen atoms in total. The maximum absolute atomic E-state index is 14.4. The summed E-state index contributed by atoms with van der Waals surface area (Å²) in [6, 6.07) is 21.7. The standard InChI is InChI=1S/C75H99N7O22.C2H6/c1-6-59-60-45-58(102-73(90)103-74(3,4)5)22-23-64(60)79-68-61(59)47-82-66(68)46-63-62(70(82)87)51-100-71(88)75(63,7-2)104-72(89)101-48-54-20-18-53(19-21-54)43-67(85)65(17-11-12-24-76)80-69(86)55(42-52-14-9-8-10-15-52)44-57(84)50-99-49-56(83)16-13-26-91-28-30-93-32-34-95-36-38-97-40-41-98-39-37-96-35-33-94-31-29-92-27-25-78-81-77;1-2/h8-10,14-15,18-23,45-46,55,65H,6-7,11-13,16-17,24-44,47-51,76H2,1-5H3,(H,80,86);1-2H3/t55?,65?,75-;/m0./s1/i;1T. The number of ketones is 3. The molecule has 106 heavy (non-hydrogen) atoms. The number of rotatable bonds is 51. The molecule has 2 aliphatic rings. The van der Waals surface area contributed by atoms with Crippen LogP contribution < -0.4 is 21.3 Å². The number of esters is 1. The first kappa shape index (κ1) is 84.7. The van der Waals surface area contributed by atoms with E-state index in [1.165, 1.54) is 0 Å². The number of pyridine rings is 2. The van der Waals surface area contributed by atoms with Crippen LogP contribution >= 0.6 is 0 Å². The molecule has 0 saturated carbocycles. The topological polar surface area (TPSA) is 370 Å². The Morgan fingerprint density at radius 2 is 1.32 bits per heavy atom. The highest BCUT2D eigenvalue weighted by Crippen LogP contribution is 2.43. The number of Topliss-reactive ketones (excluding diaryl/α,β-unsaturated/α-hetero) is 3. The average Bonchev–Trinajstić information content (AvgIpc) is 1.53. The quantitative estimate of drug-likeness (QED) is 0.00682. The molecule has 2 aliphatic heterocycles. The van der Waals surface area contributed by atoms with E-state index < -0.39 is 52.9 Å². The molecule has 3 aromatic carbocycles. The van der Waals surface area contributed by atoms with E-state index in [-0.39, 0.29) is 99.3 Å². The van der Waals surface area contributed by atoms with Crippen LogP contribution in [0.15, 0.2) is 88.8 Å². The highest BCUT2D eigenvalue weighted by molar-refractivity contribution is 5.94.